The second-order valence-corrected chi connectivity index (χ2v) is 8.03. The minimum absolute atomic E-state index is 0.0570. The zero-order valence-electron chi connectivity index (χ0n) is 16.5. The lowest BCUT2D eigenvalue weighted by atomic mass is 9.77. The number of aromatic nitrogens is 2. The number of hydrogen-bond donors (Lipinski definition) is 4. The lowest BCUT2D eigenvalue weighted by Gasteiger charge is -2.37. The predicted octanol–water partition coefficient (Wildman–Crippen LogP) is 0.999. The molecule has 1 amide bonds. The van der Waals surface area contributed by atoms with Gasteiger partial charge in [-0.05, 0) is 49.3 Å². The van der Waals surface area contributed by atoms with Crippen molar-refractivity contribution in [1.82, 2.24) is 20.2 Å². The number of carbonyl (C=O) groups excluding carboxylic acids is 1. The molecule has 2 aromatic rings. The third-order valence-corrected chi connectivity index (χ3v) is 6.13. The van der Waals surface area contributed by atoms with Crippen LogP contribution in [-0.4, -0.2) is 38.8 Å². The van der Waals surface area contributed by atoms with Crippen molar-refractivity contribution in [2.75, 3.05) is 13.2 Å². The summed E-state index contributed by atoms with van der Waals surface area (Å²) in [5, 5.41) is 25.7. The zero-order chi connectivity index (χ0) is 21.3. The van der Waals surface area contributed by atoms with Crippen LogP contribution in [0.3, 0.4) is 0 Å². The molecule has 0 radical (unpaired) electrons. The van der Waals surface area contributed by atoms with Crippen molar-refractivity contribution in [2.45, 2.75) is 44.3 Å². The van der Waals surface area contributed by atoms with Gasteiger partial charge in [0, 0.05) is 19.6 Å². The van der Waals surface area contributed by atoms with Gasteiger partial charge in [0.25, 0.3) is 11.5 Å². The first-order valence-corrected chi connectivity index (χ1v) is 10.2. The van der Waals surface area contributed by atoms with Crippen molar-refractivity contribution in [3.05, 3.63) is 57.5 Å². The maximum Gasteiger partial charge on any atom is 0.296 e. The van der Waals surface area contributed by atoms with Gasteiger partial charge in [-0.25, -0.2) is 9.37 Å². The number of amides is 1. The molecule has 0 unspecified atom stereocenters. The Balaban J connectivity index is 1.67. The second kappa shape index (κ2) is 8.16. The molecule has 5 rings (SSSR count). The summed E-state index contributed by atoms with van der Waals surface area (Å²) < 4.78 is 14.5. The van der Waals surface area contributed by atoms with Crippen LogP contribution in [0.25, 0.3) is 0 Å². The van der Waals surface area contributed by atoms with Gasteiger partial charge in [-0.15, -0.1) is 0 Å². The van der Waals surface area contributed by atoms with Crippen LogP contribution in [0.15, 0.2) is 29.1 Å². The molecule has 9 heteroatoms. The van der Waals surface area contributed by atoms with Gasteiger partial charge in [0.15, 0.2) is 5.69 Å². The second-order valence-electron chi connectivity index (χ2n) is 8.03. The highest BCUT2D eigenvalue weighted by Gasteiger charge is 2.44. The summed E-state index contributed by atoms with van der Waals surface area (Å²) in [7, 11) is 0. The Hall–Kier alpha value is -2.78. The number of aliphatic hydroxyl groups is 1. The van der Waals surface area contributed by atoms with E-state index >= 15 is 0 Å². The number of nitrogens with zero attached hydrogens (tertiary/aromatic N) is 2. The van der Waals surface area contributed by atoms with Gasteiger partial charge < -0.3 is 20.8 Å². The van der Waals surface area contributed by atoms with E-state index in [0.717, 1.165) is 25.7 Å². The molecule has 2 bridgehead atoms. The molecular formula is C21H25FN4O4. The van der Waals surface area contributed by atoms with E-state index in [-0.39, 0.29) is 24.7 Å². The lowest BCUT2D eigenvalue weighted by molar-refractivity contribution is 0.0940. The fraction of sp³-hybridized carbons (Fsp3) is 0.476. The third kappa shape index (κ3) is 3.70. The van der Waals surface area contributed by atoms with E-state index in [2.05, 4.69) is 15.6 Å². The molecule has 30 heavy (non-hydrogen) atoms. The highest BCUT2D eigenvalue weighted by molar-refractivity contribution is 5.94. The monoisotopic (exact) mass is 416 g/mol. The summed E-state index contributed by atoms with van der Waals surface area (Å²) in [6, 6.07) is 5.67. The number of aliphatic hydroxyl groups excluding tert-OH is 1. The summed E-state index contributed by atoms with van der Waals surface area (Å²) in [4.78, 5) is 30.1. The summed E-state index contributed by atoms with van der Waals surface area (Å²) >= 11 is 0. The molecule has 2 aliphatic heterocycles. The largest absolute Gasteiger partial charge is 0.501 e. The van der Waals surface area contributed by atoms with Crippen molar-refractivity contribution in [1.29, 1.82) is 0 Å². The Kier molecular flexibility index (Phi) is 5.57. The third-order valence-electron chi connectivity index (χ3n) is 6.13. The number of carbonyl (C=O) groups is 1. The first-order valence-electron chi connectivity index (χ1n) is 10.2. The minimum Gasteiger partial charge on any atom is -0.501 e. The Bertz CT molecular complexity index is 997. The van der Waals surface area contributed by atoms with Crippen LogP contribution in [0.1, 0.15) is 47.6 Å². The molecule has 0 saturated heterocycles. The van der Waals surface area contributed by atoms with E-state index in [1.165, 1.54) is 16.7 Å². The van der Waals surface area contributed by atoms with Crippen molar-refractivity contribution in [3.8, 4) is 5.75 Å². The number of hydrogen-bond acceptors (Lipinski definition) is 6. The molecule has 1 aromatic carbocycles. The highest BCUT2D eigenvalue weighted by Crippen LogP contribution is 2.42. The van der Waals surface area contributed by atoms with Crippen molar-refractivity contribution in [3.63, 3.8) is 0 Å². The zero-order valence-corrected chi connectivity index (χ0v) is 16.5. The molecule has 8 nitrogen and oxygen atoms in total. The van der Waals surface area contributed by atoms with E-state index in [0.29, 0.717) is 30.4 Å². The Morgan fingerprint density at radius 3 is 2.63 bits per heavy atom. The van der Waals surface area contributed by atoms with E-state index in [1.54, 1.807) is 12.1 Å². The minimum atomic E-state index is -0.673. The molecule has 1 saturated carbocycles. The molecule has 4 N–H and O–H groups in total. The average molecular weight is 416 g/mol. The fourth-order valence-corrected chi connectivity index (χ4v) is 4.49. The smallest absolute Gasteiger partial charge is 0.296 e. The molecule has 3 aliphatic rings. The van der Waals surface area contributed by atoms with Crippen LogP contribution in [0, 0.1) is 11.7 Å². The van der Waals surface area contributed by atoms with Gasteiger partial charge in [0.2, 0.25) is 5.75 Å². The standard InChI is InChI=1S/C21H25FN4O4/c22-15-3-1-13(2-4-15)11-23-18(29)16-17(28)19(30)26-12-14-5-7-21(8-6-14,20(26)25-16)24-9-10-27/h1-4,14,24,27-28H,5-12H2,(H,23,29). The van der Waals surface area contributed by atoms with Gasteiger partial charge in [-0.2, -0.15) is 0 Å². The highest BCUT2D eigenvalue weighted by atomic mass is 19.1. The first-order chi connectivity index (χ1) is 14.4. The van der Waals surface area contributed by atoms with Gasteiger partial charge in [0.1, 0.15) is 11.6 Å². The molecule has 3 heterocycles. The summed E-state index contributed by atoms with van der Waals surface area (Å²) in [5.41, 5.74) is -0.885. The number of nitrogens with one attached hydrogen (secondary N) is 2. The number of aromatic hydroxyl groups is 1. The molecule has 0 spiro atoms. The van der Waals surface area contributed by atoms with Crippen LogP contribution in [0.2, 0.25) is 0 Å². The molecular weight excluding hydrogens is 391 g/mol. The van der Waals surface area contributed by atoms with Crippen molar-refractivity contribution < 1.29 is 19.4 Å². The fourth-order valence-electron chi connectivity index (χ4n) is 4.49. The molecule has 1 aliphatic carbocycles. The molecule has 160 valence electrons. The van der Waals surface area contributed by atoms with Gasteiger partial charge >= 0.3 is 0 Å². The van der Waals surface area contributed by atoms with Crippen molar-refractivity contribution in [2.24, 2.45) is 5.92 Å². The van der Waals surface area contributed by atoms with Crippen LogP contribution in [0.4, 0.5) is 4.39 Å². The molecule has 1 fully saturated rings. The van der Waals surface area contributed by atoms with Gasteiger partial charge in [0.05, 0.1) is 12.1 Å². The van der Waals surface area contributed by atoms with Gasteiger partial charge in [-0.3, -0.25) is 14.2 Å². The Labute approximate surface area is 172 Å². The Morgan fingerprint density at radius 2 is 1.97 bits per heavy atom. The normalized spacial score (nSPS) is 22.4. The summed E-state index contributed by atoms with van der Waals surface area (Å²) in [5.74, 6) is -0.973. The average Bonchev–Trinajstić information content (AvgIpc) is 3.01. The number of fused-ring (bicyclic) bond motifs is 2. The van der Waals surface area contributed by atoms with Crippen LogP contribution in [-0.2, 0) is 18.6 Å². The van der Waals surface area contributed by atoms with Crippen molar-refractivity contribution >= 4 is 5.91 Å². The summed E-state index contributed by atoms with van der Waals surface area (Å²) in [6.07, 6.45) is 3.28. The van der Waals surface area contributed by atoms with E-state index < -0.39 is 22.8 Å². The molecule has 1 aromatic heterocycles. The summed E-state index contributed by atoms with van der Waals surface area (Å²) in [6.45, 7) is 0.843. The number of halogens is 1. The van der Waals surface area contributed by atoms with E-state index in [1.807, 2.05) is 0 Å². The predicted molar refractivity (Wildman–Crippen MR) is 106 cm³/mol. The topological polar surface area (TPSA) is 116 Å². The van der Waals surface area contributed by atoms with Crippen LogP contribution < -0.4 is 16.2 Å². The maximum atomic E-state index is 13.1. The maximum absolute atomic E-state index is 13.1. The first kappa shape index (κ1) is 20.5. The number of rotatable bonds is 6. The lowest BCUT2D eigenvalue weighted by Crippen LogP contribution is -2.48. The van der Waals surface area contributed by atoms with Crippen LogP contribution in [0.5, 0.6) is 5.75 Å². The quantitative estimate of drug-likeness (QED) is 0.558. The van der Waals surface area contributed by atoms with E-state index in [4.69, 9.17) is 0 Å². The molecule has 0 atom stereocenters. The Morgan fingerprint density at radius 1 is 1.27 bits per heavy atom. The van der Waals surface area contributed by atoms with Gasteiger partial charge in [-0.1, -0.05) is 12.1 Å². The number of benzene rings is 1. The van der Waals surface area contributed by atoms with Crippen LogP contribution >= 0.6 is 0 Å². The van der Waals surface area contributed by atoms with E-state index in [9.17, 15) is 24.2 Å². The SMILES string of the molecule is O=C(NCc1ccc(F)cc1)c1nc2n(c(=O)c1O)CC1CCC2(NCCO)CC1.